The third-order valence-electron chi connectivity index (χ3n) is 3.51. The lowest BCUT2D eigenvalue weighted by molar-refractivity contribution is 0.0916. The number of aromatic nitrogens is 2. The maximum absolute atomic E-state index is 12.3. The number of benzene rings is 1. The van der Waals surface area contributed by atoms with Gasteiger partial charge in [-0.1, -0.05) is 12.1 Å². The Balaban J connectivity index is 2.02. The van der Waals surface area contributed by atoms with Crippen molar-refractivity contribution in [2.45, 2.75) is 38.8 Å². The molecule has 2 rings (SSSR count). The molecule has 0 aliphatic carbocycles. The molecule has 0 fully saturated rings. The number of aliphatic hydroxyl groups is 1. The minimum atomic E-state index is -0.398. The highest BCUT2D eigenvalue weighted by molar-refractivity contribution is 5.93. The van der Waals surface area contributed by atoms with Crippen LogP contribution < -0.4 is 5.32 Å². The number of aromatic hydroxyl groups is 1. The van der Waals surface area contributed by atoms with Gasteiger partial charge in [-0.2, -0.15) is 5.10 Å². The zero-order valence-electron chi connectivity index (χ0n) is 13.7. The summed E-state index contributed by atoms with van der Waals surface area (Å²) in [5.74, 6) is -0.0775. The molecule has 0 aliphatic heterocycles. The monoisotopic (exact) mass is 317 g/mol. The van der Waals surface area contributed by atoms with E-state index in [1.807, 2.05) is 20.8 Å². The van der Waals surface area contributed by atoms with Crippen molar-refractivity contribution in [1.82, 2.24) is 15.1 Å². The molecule has 0 radical (unpaired) electrons. The average Bonchev–Trinajstić information content (AvgIpc) is 2.99. The third-order valence-corrected chi connectivity index (χ3v) is 3.51. The molecule has 124 valence electrons. The van der Waals surface area contributed by atoms with Gasteiger partial charge >= 0.3 is 0 Å². The first kappa shape index (κ1) is 17.0. The molecule has 0 bridgehead atoms. The van der Waals surface area contributed by atoms with E-state index in [9.17, 15) is 15.0 Å². The van der Waals surface area contributed by atoms with E-state index in [0.717, 1.165) is 5.56 Å². The van der Waals surface area contributed by atoms with Crippen LogP contribution in [0, 0.1) is 0 Å². The van der Waals surface area contributed by atoms with E-state index in [0.29, 0.717) is 12.0 Å². The van der Waals surface area contributed by atoms with Gasteiger partial charge < -0.3 is 15.5 Å². The number of hydrogen-bond acceptors (Lipinski definition) is 4. The van der Waals surface area contributed by atoms with Crippen LogP contribution in [-0.2, 0) is 12.0 Å². The van der Waals surface area contributed by atoms with Crippen molar-refractivity contribution in [1.29, 1.82) is 0 Å². The molecule has 1 atom stereocenters. The number of amides is 1. The molecule has 0 saturated carbocycles. The number of aliphatic hydroxyl groups excluding tert-OH is 1. The molecule has 0 unspecified atom stereocenters. The summed E-state index contributed by atoms with van der Waals surface area (Å²) in [6.07, 6.45) is 3.70. The number of rotatable bonds is 5. The summed E-state index contributed by atoms with van der Waals surface area (Å²) < 4.78 is 1.73. The first-order valence-electron chi connectivity index (χ1n) is 7.54. The van der Waals surface area contributed by atoms with E-state index in [1.165, 1.54) is 6.20 Å². The average molecular weight is 317 g/mol. The summed E-state index contributed by atoms with van der Waals surface area (Å²) >= 11 is 0. The Bertz CT molecular complexity index is 656. The second-order valence-corrected chi connectivity index (χ2v) is 6.57. The number of nitrogens with zero attached hydrogens (tertiary/aromatic N) is 2. The molecule has 23 heavy (non-hydrogen) atoms. The van der Waals surface area contributed by atoms with Crippen molar-refractivity contribution >= 4 is 5.91 Å². The number of hydrogen-bond donors (Lipinski definition) is 3. The van der Waals surface area contributed by atoms with Gasteiger partial charge in [0.1, 0.15) is 5.75 Å². The quantitative estimate of drug-likeness (QED) is 0.783. The highest BCUT2D eigenvalue weighted by Crippen LogP contribution is 2.14. The predicted octanol–water partition coefficient (Wildman–Crippen LogP) is 1.68. The Kier molecular flexibility index (Phi) is 5.05. The second kappa shape index (κ2) is 6.83. The molecule has 1 aromatic carbocycles. The maximum Gasteiger partial charge on any atom is 0.254 e. The summed E-state index contributed by atoms with van der Waals surface area (Å²) in [5.41, 5.74) is 1.19. The minimum Gasteiger partial charge on any atom is -0.508 e. The maximum atomic E-state index is 12.3. The summed E-state index contributed by atoms with van der Waals surface area (Å²) in [6.45, 7) is 5.84. The summed E-state index contributed by atoms with van der Waals surface area (Å²) in [6, 6.07) is 6.30. The fourth-order valence-electron chi connectivity index (χ4n) is 2.15. The molecule has 6 heteroatoms. The molecule has 3 N–H and O–H groups in total. The van der Waals surface area contributed by atoms with Gasteiger partial charge in [-0.15, -0.1) is 0 Å². The predicted molar refractivity (Wildman–Crippen MR) is 87.4 cm³/mol. The molecule has 2 aromatic rings. The molecule has 0 spiro atoms. The van der Waals surface area contributed by atoms with E-state index in [2.05, 4.69) is 10.4 Å². The highest BCUT2D eigenvalue weighted by Gasteiger charge is 2.19. The van der Waals surface area contributed by atoms with E-state index >= 15 is 0 Å². The van der Waals surface area contributed by atoms with Crippen LogP contribution in [0.3, 0.4) is 0 Å². The van der Waals surface area contributed by atoms with Gasteiger partial charge in [-0.25, -0.2) is 0 Å². The topological polar surface area (TPSA) is 87.4 Å². The van der Waals surface area contributed by atoms with Gasteiger partial charge in [-0.05, 0) is 44.9 Å². The molecule has 1 amide bonds. The number of nitrogens with one attached hydrogen (secondary N) is 1. The van der Waals surface area contributed by atoms with E-state index < -0.39 is 6.04 Å². The van der Waals surface area contributed by atoms with Crippen LogP contribution in [0.4, 0.5) is 0 Å². The van der Waals surface area contributed by atoms with Gasteiger partial charge in [-0.3, -0.25) is 9.48 Å². The van der Waals surface area contributed by atoms with Crippen LogP contribution in [0.15, 0.2) is 36.7 Å². The number of phenols is 1. The van der Waals surface area contributed by atoms with Crippen molar-refractivity contribution in [3.8, 4) is 5.75 Å². The standard InChI is InChI=1S/C17H23N3O3/c1-17(2,3)20-10-13(9-18-20)16(23)19-14(11-21)8-12-4-6-15(22)7-5-12/h4-7,9-10,14,21-22H,8,11H2,1-3H3,(H,19,23)/t14-/m0/s1. The fourth-order valence-corrected chi connectivity index (χ4v) is 2.15. The molecular weight excluding hydrogens is 294 g/mol. The van der Waals surface area contributed by atoms with E-state index in [4.69, 9.17) is 0 Å². The second-order valence-electron chi connectivity index (χ2n) is 6.57. The first-order chi connectivity index (χ1) is 10.8. The first-order valence-corrected chi connectivity index (χ1v) is 7.54. The summed E-state index contributed by atoms with van der Waals surface area (Å²) in [4.78, 5) is 12.3. The van der Waals surface area contributed by atoms with Gasteiger partial charge in [0.15, 0.2) is 0 Å². The normalized spacial score (nSPS) is 12.9. The zero-order chi connectivity index (χ0) is 17.0. The molecule has 0 saturated heterocycles. The highest BCUT2D eigenvalue weighted by atomic mass is 16.3. The molecule has 6 nitrogen and oxygen atoms in total. The van der Waals surface area contributed by atoms with Gasteiger partial charge in [0.25, 0.3) is 5.91 Å². The van der Waals surface area contributed by atoms with Gasteiger partial charge in [0.2, 0.25) is 0 Å². The Hall–Kier alpha value is -2.34. The Labute approximate surface area is 135 Å². The van der Waals surface area contributed by atoms with Crippen LogP contribution >= 0.6 is 0 Å². The Morgan fingerprint density at radius 2 is 1.96 bits per heavy atom. The van der Waals surface area contributed by atoms with Gasteiger partial charge in [0, 0.05) is 6.20 Å². The smallest absolute Gasteiger partial charge is 0.254 e. The zero-order valence-corrected chi connectivity index (χ0v) is 13.7. The number of carbonyl (C=O) groups is 1. The molecule has 0 aliphatic rings. The minimum absolute atomic E-state index is 0.167. The summed E-state index contributed by atoms with van der Waals surface area (Å²) in [7, 11) is 0. The van der Waals surface area contributed by atoms with Crippen LogP contribution in [0.25, 0.3) is 0 Å². The lowest BCUT2D eigenvalue weighted by atomic mass is 10.1. The number of phenolic OH excluding ortho intramolecular Hbond substituents is 1. The van der Waals surface area contributed by atoms with E-state index in [1.54, 1.807) is 35.1 Å². The van der Waals surface area contributed by atoms with Crippen LogP contribution in [0.2, 0.25) is 0 Å². The SMILES string of the molecule is CC(C)(C)n1cc(C(=O)N[C@H](CO)Cc2ccc(O)cc2)cn1. The summed E-state index contributed by atoms with van der Waals surface area (Å²) in [5, 5.41) is 25.8. The molecular formula is C17H23N3O3. The van der Waals surface area contributed by atoms with Crippen molar-refractivity contribution < 1.29 is 15.0 Å². The van der Waals surface area contributed by atoms with Gasteiger partial charge in [0.05, 0.1) is 29.9 Å². The Morgan fingerprint density at radius 3 is 2.48 bits per heavy atom. The third kappa shape index (κ3) is 4.56. The van der Waals surface area contributed by atoms with Crippen LogP contribution in [0.5, 0.6) is 5.75 Å². The fraction of sp³-hybridized carbons (Fsp3) is 0.412. The van der Waals surface area contributed by atoms with Crippen molar-refractivity contribution in [3.63, 3.8) is 0 Å². The molecule has 1 aromatic heterocycles. The van der Waals surface area contributed by atoms with Crippen molar-refractivity contribution in [2.24, 2.45) is 0 Å². The largest absolute Gasteiger partial charge is 0.508 e. The lowest BCUT2D eigenvalue weighted by Gasteiger charge is -2.19. The number of carbonyl (C=O) groups excluding carboxylic acids is 1. The lowest BCUT2D eigenvalue weighted by Crippen LogP contribution is -2.39. The van der Waals surface area contributed by atoms with Crippen LogP contribution in [-0.4, -0.2) is 38.5 Å². The van der Waals surface area contributed by atoms with E-state index in [-0.39, 0.29) is 23.8 Å². The Morgan fingerprint density at radius 1 is 1.30 bits per heavy atom. The molecule has 1 heterocycles. The van der Waals surface area contributed by atoms with Crippen molar-refractivity contribution in [2.75, 3.05) is 6.61 Å². The van der Waals surface area contributed by atoms with Crippen LogP contribution in [0.1, 0.15) is 36.7 Å². The van der Waals surface area contributed by atoms with Crippen molar-refractivity contribution in [3.05, 3.63) is 47.8 Å².